The molecule has 4 heteroatoms. The van der Waals surface area contributed by atoms with Gasteiger partial charge in [0.1, 0.15) is 17.2 Å². The van der Waals surface area contributed by atoms with E-state index in [1.807, 2.05) is 0 Å². The lowest BCUT2D eigenvalue weighted by atomic mass is 9.55. The van der Waals surface area contributed by atoms with Crippen LogP contribution in [0.4, 0.5) is 8.78 Å². The molecule has 0 saturated heterocycles. The fourth-order valence-corrected chi connectivity index (χ4v) is 6.90. The third-order valence-electron chi connectivity index (χ3n) is 8.10. The van der Waals surface area contributed by atoms with Crippen LogP contribution in [0.15, 0.2) is 12.1 Å². The molecule has 154 valence electrons. The van der Waals surface area contributed by atoms with Crippen molar-refractivity contribution < 1.29 is 18.7 Å². The number of carboxylic acid groups (broad SMARTS) is 1. The van der Waals surface area contributed by atoms with E-state index in [1.54, 1.807) is 0 Å². The summed E-state index contributed by atoms with van der Waals surface area (Å²) in [5.41, 5.74) is -0.186. The van der Waals surface area contributed by atoms with Gasteiger partial charge in [0.2, 0.25) is 0 Å². The molecule has 3 aliphatic carbocycles. The molecule has 1 aromatic rings. The van der Waals surface area contributed by atoms with Crippen LogP contribution in [-0.4, -0.2) is 11.1 Å². The third kappa shape index (κ3) is 3.71. The fraction of sp³-hybridized carbons (Fsp3) is 0.708. The number of hydrogen-bond donors (Lipinski definition) is 1. The first kappa shape index (κ1) is 19.8. The number of hydrogen-bond acceptors (Lipinski definition) is 1. The molecule has 0 spiro atoms. The number of carboxylic acids is 1. The Morgan fingerprint density at radius 3 is 2.18 bits per heavy atom. The van der Waals surface area contributed by atoms with Crippen LogP contribution < -0.4 is 0 Å². The summed E-state index contributed by atoms with van der Waals surface area (Å²) in [5, 5.41) is 8.98. The van der Waals surface area contributed by atoms with Gasteiger partial charge < -0.3 is 5.11 Å². The van der Waals surface area contributed by atoms with Gasteiger partial charge in [-0.1, -0.05) is 26.2 Å². The molecule has 0 amide bonds. The van der Waals surface area contributed by atoms with Crippen LogP contribution in [0.2, 0.25) is 0 Å². The fourth-order valence-electron chi connectivity index (χ4n) is 6.90. The number of carbonyl (C=O) groups is 1. The van der Waals surface area contributed by atoms with Crippen LogP contribution in [0.3, 0.4) is 0 Å². The molecule has 0 bridgehead atoms. The van der Waals surface area contributed by atoms with Crippen molar-refractivity contribution in [2.75, 3.05) is 0 Å². The van der Waals surface area contributed by atoms with E-state index in [2.05, 4.69) is 6.92 Å². The summed E-state index contributed by atoms with van der Waals surface area (Å²) in [6, 6.07) is 2.53. The van der Waals surface area contributed by atoms with Crippen molar-refractivity contribution in [2.24, 2.45) is 29.6 Å². The molecule has 4 rings (SSSR count). The number of halogens is 2. The standard InChI is InChI=1S/C24H32F2O2/c1-2-3-14-4-8-19-16(10-14)5-6-17-11-15(7-9-20(17)19)18-12-21(25)23(24(27)28)22(26)13-18/h12-17,19-20H,2-11H2,1H3,(H,27,28). The monoisotopic (exact) mass is 390 g/mol. The number of benzene rings is 1. The predicted molar refractivity (Wildman–Crippen MR) is 105 cm³/mol. The van der Waals surface area contributed by atoms with Crippen molar-refractivity contribution in [2.45, 2.75) is 77.0 Å². The summed E-state index contributed by atoms with van der Waals surface area (Å²) >= 11 is 0. The van der Waals surface area contributed by atoms with Crippen LogP contribution in [0.25, 0.3) is 0 Å². The highest BCUT2D eigenvalue weighted by atomic mass is 19.1. The van der Waals surface area contributed by atoms with Crippen LogP contribution in [0.1, 0.15) is 93.0 Å². The average molecular weight is 391 g/mol. The molecule has 0 heterocycles. The SMILES string of the molecule is CCCC1CCC2C(CCC3CC(c4cc(F)c(C(=O)O)c(F)c4)CCC32)C1. The number of aromatic carboxylic acids is 1. The summed E-state index contributed by atoms with van der Waals surface area (Å²) in [6.07, 6.45) is 12.5. The van der Waals surface area contributed by atoms with E-state index in [9.17, 15) is 13.6 Å². The molecular formula is C24H32F2O2. The first-order valence-electron chi connectivity index (χ1n) is 11.2. The predicted octanol–water partition coefficient (Wildman–Crippen LogP) is 6.79. The highest BCUT2D eigenvalue weighted by Crippen LogP contribution is 2.55. The molecule has 0 radical (unpaired) electrons. The summed E-state index contributed by atoms with van der Waals surface area (Å²) < 4.78 is 28.3. The van der Waals surface area contributed by atoms with Crippen molar-refractivity contribution in [3.8, 4) is 0 Å². The van der Waals surface area contributed by atoms with E-state index in [0.717, 1.165) is 42.9 Å². The van der Waals surface area contributed by atoms with Crippen LogP contribution in [0.5, 0.6) is 0 Å². The molecule has 0 aromatic heterocycles. The van der Waals surface area contributed by atoms with Gasteiger partial charge in [-0.25, -0.2) is 13.6 Å². The Bertz CT molecular complexity index is 708. The molecule has 1 aromatic carbocycles. The molecule has 0 aliphatic heterocycles. The van der Waals surface area contributed by atoms with Gasteiger partial charge in [0.15, 0.2) is 0 Å². The molecule has 3 aliphatic rings. The Hall–Kier alpha value is -1.45. The number of rotatable bonds is 4. The minimum Gasteiger partial charge on any atom is -0.477 e. The Labute approximate surface area is 166 Å². The minimum absolute atomic E-state index is 0.154. The molecule has 3 fully saturated rings. The second kappa shape index (κ2) is 8.12. The molecule has 2 nitrogen and oxygen atoms in total. The topological polar surface area (TPSA) is 37.3 Å². The van der Waals surface area contributed by atoms with E-state index in [1.165, 1.54) is 57.1 Å². The zero-order chi connectivity index (χ0) is 19.8. The van der Waals surface area contributed by atoms with Crippen LogP contribution in [0, 0.1) is 41.2 Å². The zero-order valence-corrected chi connectivity index (χ0v) is 16.8. The molecule has 6 atom stereocenters. The Morgan fingerprint density at radius 1 is 0.964 bits per heavy atom. The van der Waals surface area contributed by atoms with Gasteiger partial charge in [0.25, 0.3) is 0 Å². The quantitative estimate of drug-likeness (QED) is 0.614. The second-order valence-electron chi connectivity index (χ2n) is 9.57. The Morgan fingerprint density at radius 2 is 1.57 bits per heavy atom. The summed E-state index contributed by atoms with van der Waals surface area (Å²) in [6.45, 7) is 2.29. The second-order valence-corrected chi connectivity index (χ2v) is 9.57. The highest BCUT2D eigenvalue weighted by Gasteiger charge is 2.44. The first-order valence-corrected chi connectivity index (χ1v) is 11.2. The van der Waals surface area contributed by atoms with Gasteiger partial charge in [-0.05, 0) is 98.1 Å². The number of fused-ring (bicyclic) bond motifs is 3. The van der Waals surface area contributed by atoms with E-state index in [4.69, 9.17) is 5.11 Å². The van der Waals surface area contributed by atoms with Gasteiger partial charge >= 0.3 is 5.97 Å². The van der Waals surface area contributed by atoms with E-state index in [-0.39, 0.29) is 5.92 Å². The molecule has 28 heavy (non-hydrogen) atoms. The maximum absolute atomic E-state index is 14.1. The lowest BCUT2D eigenvalue weighted by Gasteiger charge is -2.51. The van der Waals surface area contributed by atoms with E-state index < -0.39 is 23.2 Å². The largest absolute Gasteiger partial charge is 0.477 e. The normalized spacial score (nSPS) is 35.1. The maximum atomic E-state index is 14.1. The zero-order valence-electron chi connectivity index (χ0n) is 16.8. The molecule has 1 N–H and O–H groups in total. The molecule has 6 unspecified atom stereocenters. The maximum Gasteiger partial charge on any atom is 0.341 e. The van der Waals surface area contributed by atoms with Gasteiger partial charge in [0.05, 0.1) is 0 Å². The van der Waals surface area contributed by atoms with Crippen LogP contribution in [-0.2, 0) is 0 Å². The van der Waals surface area contributed by atoms with Gasteiger partial charge in [-0.3, -0.25) is 0 Å². The van der Waals surface area contributed by atoms with Gasteiger partial charge in [-0.2, -0.15) is 0 Å². The Kier molecular flexibility index (Phi) is 5.76. The van der Waals surface area contributed by atoms with Crippen molar-refractivity contribution in [1.29, 1.82) is 0 Å². The minimum atomic E-state index is -1.54. The van der Waals surface area contributed by atoms with Gasteiger partial charge in [0, 0.05) is 0 Å². The molecular weight excluding hydrogens is 358 g/mol. The van der Waals surface area contributed by atoms with Crippen molar-refractivity contribution in [3.05, 3.63) is 34.9 Å². The Balaban J connectivity index is 1.45. The smallest absolute Gasteiger partial charge is 0.341 e. The van der Waals surface area contributed by atoms with Gasteiger partial charge in [-0.15, -0.1) is 0 Å². The summed E-state index contributed by atoms with van der Waals surface area (Å²) in [4.78, 5) is 11.0. The summed E-state index contributed by atoms with van der Waals surface area (Å²) in [5.74, 6) is 0.855. The van der Waals surface area contributed by atoms with E-state index >= 15 is 0 Å². The first-order chi connectivity index (χ1) is 13.5. The third-order valence-corrected chi connectivity index (χ3v) is 8.10. The molecule has 3 saturated carbocycles. The van der Waals surface area contributed by atoms with Crippen molar-refractivity contribution in [3.63, 3.8) is 0 Å². The van der Waals surface area contributed by atoms with Crippen molar-refractivity contribution >= 4 is 5.97 Å². The van der Waals surface area contributed by atoms with Crippen LogP contribution >= 0.6 is 0 Å². The highest BCUT2D eigenvalue weighted by molar-refractivity contribution is 5.88. The lowest BCUT2D eigenvalue weighted by molar-refractivity contribution is 0.00539. The lowest BCUT2D eigenvalue weighted by Crippen LogP contribution is -2.41. The summed E-state index contributed by atoms with van der Waals surface area (Å²) in [7, 11) is 0. The van der Waals surface area contributed by atoms with E-state index in [0.29, 0.717) is 11.5 Å². The van der Waals surface area contributed by atoms with Crippen molar-refractivity contribution in [1.82, 2.24) is 0 Å². The average Bonchev–Trinajstić information content (AvgIpc) is 2.66.